The summed E-state index contributed by atoms with van der Waals surface area (Å²) in [4.78, 5) is 11.3. The smallest absolute Gasteiger partial charge is 0.222 e. The van der Waals surface area contributed by atoms with Crippen LogP contribution in [0.15, 0.2) is 0 Å². The van der Waals surface area contributed by atoms with Crippen LogP contribution in [0.1, 0.15) is 34.1 Å². The molecule has 0 radical (unpaired) electrons. The molecule has 0 bridgehead atoms. The lowest BCUT2D eigenvalue weighted by molar-refractivity contribution is -0.125. The standard InChI is InChI=1S/C10H21NO2/c1-5-8(4)10(13)11-6-9(12)7(2)3/h7-9,12H,5-6H2,1-4H3,(H,11,13). The zero-order valence-electron chi connectivity index (χ0n) is 9.00. The molecule has 2 unspecified atom stereocenters. The molecule has 3 nitrogen and oxygen atoms in total. The van der Waals surface area contributed by atoms with Gasteiger partial charge in [0, 0.05) is 12.5 Å². The highest BCUT2D eigenvalue weighted by Gasteiger charge is 2.13. The van der Waals surface area contributed by atoms with Crippen LogP contribution in [-0.2, 0) is 4.79 Å². The third-order valence-corrected chi connectivity index (χ3v) is 2.31. The Morgan fingerprint density at radius 3 is 2.31 bits per heavy atom. The second kappa shape index (κ2) is 5.97. The van der Waals surface area contributed by atoms with Crippen molar-refractivity contribution in [1.82, 2.24) is 5.32 Å². The van der Waals surface area contributed by atoms with E-state index in [1.165, 1.54) is 0 Å². The lowest BCUT2D eigenvalue weighted by Crippen LogP contribution is -2.37. The molecular weight excluding hydrogens is 166 g/mol. The number of aliphatic hydroxyl groups is 1. The Hall–Kier alpha value is -0.570. The first kappa shape index (κ1) is 12.4. The van der Waals surface area contributed by atoms with Gasteiger partial charge in [0.2, 0.25) is 5.91 Å². The minimum Gasteiger partial charge on any atom is -0.391 e. The van der Waals surface area contributed by atoms with Crippen molar-refractivity contribution in [3.63, 3.8) is 0 Å². The van der Waals surface area contributed by atoms with Crippen LogP contribution >= 0.6 is 0 Å². The quantitative estimate of drug-likeness (QED) is 0.678. The molecule has 0 saturated carbocycles. The van der Waals surface area contributed by atoms with Crippen molar-refractivity contribution in [2.75, 3.05) is 6.54 Å². The second-order valence-electron chi connectivity index (χ2n) is 3.87. The van der Waals surface area contributed by atoms with Crippen LogP contribution in [0.3, 0.4) is 0 Å². The lowest BCUT2D eigenvalue weighted by Gasteiger charge is -2.16. The van der Waals surface area contributed by atoms with Gasteiger partial charge in [0.15, 0.2) is 0 Å². The Kier molecular flexibility index (Phi) is 5.71. The van der Waals surface area contributed by atoms with Crippen molar-refractivity contribution in [1.29, 1.82) is 0 Å². The molecule has 0 aromatic rings. The topological polar surface area (TPSA) is 49.3 Å². The van der Waals surface area contributed by atoms with Gasteiger partial charge < -0.3 is 10.4 Å². The molecule has 2 N–H and O–H groups in total. The molecule has 13 heavy (non-hydrogen) atoms. The molecule has 0 rings (SSSR count). The van der Waals surface area contributed by atoms with Crippen LogP contribution in [0, 0.1) is 11.8 Å². The SMILES string of the molecule is CCC(C)C(=O)NCC(O)C(C)C. The Morgan fingerprint density at radius 1 is 1.38 bits per heavy atom. The van der Waals surface area contributed by atoms with E-state index in [9.17, 15) is 9.90 Å². The predicted molar refractivity (Wildman–Crippen MR) is 53.3 cm³/mol. The van der Waals surface area contributed by atoms with Gasteiger partial charge in [0.1, 0.15) is 0 Å². The van der Waals surface area contributed by atoms with E-state index in [0.29, 0.717) is 6.54 Å². The molecular formula is C10H21NO2. The van der Waals surface area contributed by atoms with Crippen LogP contribution in [0.5, 0.6) is 0 Å². The number of carbonyl (C=O) groups is 1. The zero-order valence-corrected chi connectivity index (χ0v) is 9.00. The Balaban J connectivity index is 3.70. The molecule has 0 aliphatic carbocycles. The largest absolute Gasteiger partial charge is 0.391 e. The number of hydrogen-bond acceptors (Lipinski definition) is 2. The number of hydrogen-bond donors (Lipinski definition) is 2. The van der Waals surface area contributed by atoms with E-state index >= 15 is 0 Å². The number of carbonyl (C=O) groups excluding carboxylic acids is 1. The van der Waals surface area contributed by atoms with Crippen LogP contribution in [0.4, 0.5) is 0 Å². The van der Waals surface area contributed by atoms with Gasteiger partial charge in [-0.2, -0.15) is 0 Å². The molecule has 0 heterocycles. The zero-order chi connectivity index (χ0) is 10.4. The summed E-state index contributed by atoms with van der Waals surface area (Å²) in [6, 6.07) is 0. The van der Waals surface area contributed by atoms with E-state index < -0.39 is 6.10 Å². The summed E-state index contributed by atoms with van der Waals surface area (Å²) < 4.78 is 0. The third kappa shape index (κ3) is 4.88. The van der Waals surface area contributed by atoms with Crippen LogP contribution < -0.4 is 5.32 Å². The average molecular weight is 187 g/mol. The van der Waals surface area contributed by atoms with Crippen LogP contribution in [0.25, 0.3) is 0 Å². The summed E-state index contributed by atoms with van der Waals surface area (Å²) in [5.41, 5.74) is 0. The predicted octanol–water partition coefficient (Wildman–Crippen LogP) is 1.17. The molecule has 0 fully saturated rings. The van der Waals surface area contributed by atoms with Gasteiger partial charge in [-0.3, -0.25) is 4.79 Å². The number of aliphatic hydroxyl groups excluding tert-OH is 1. The van der Waals surface area contributed by atoms with Crippen molar-refractivity contribution < 1.29 is 9.90 Å². The Labute approximate surface area is 80.5 Å². The summed E-state index contributed by atoms with van der Waals surface area (Å²) in [6.45, 7) is 8.08. The second-order valence-corrected chi connectivity index (χ2v) is 3.87. The number of nitrogens with one attached hydrogen (secondary N) is 1. The molecule has 1 amide bonds. The molecule has 0 aromatic carbocycles. The van der Waals surface area contributed by atoms with E-state index in [-0.39, 0.29) is 17.7 Å². The lowest BCUT2D eigenvalue weighted by atomic mass is 10.1. The van der Waals surface area contributed by atoms with Gasteiger partial charge >= 0.3 is 0 Å². The maximum Gasteiger partial charge on any atom is 0.222 e. The molecule has 0 aromatic heterocycles. The van der Waals surface area contributed by atoms with E-state index in [1.54, 1.807) is 0 Å². The minimum atomic E-state index is -0.437. The van der Waals surface area contributed by atoms with Gasteiger partial charge in [-0.1, -0.05) is 27.7 Å². The fourth-order valence-corrected chi connectivity index (χ4v) is 0.800. The highest BCUT2D eigenvalue weighted by Crippen LogP contribution is 2.02. The van der Waals surface area contributed by atoms with E-state index in [2.05, 4.69) is 5.32 Å². The average Bonchev–Trinajstić information content (AvgIpc) is 2.11. The third-order valence-electron chi connectivity index (χ3n) is 2.31. The van der Waals surface area contributed by atoms with Crippen LogP contribution in [0.2, 0.25) is 0 Å². The van der Waals surface area contributed by atoms with Gasteiger partial charge in [-0.15, -0.1) is 0 Å². The number of rotatable bonds is 5. The summed E-state index contributed by atoms with van der Waals surface area (Å²) in [5.74, 6) is 0.263. The minimum absolute atomic E-state index is 0.0298. The van der Waals surface area contributed by atoms with Gasteiger partial charge in [-0.25, -0.2) is 0 Å². The Morgan fingerprint density at radius 2 is 1.92 bits per heavy atom. The van der Waals surface area contributed by atoms with Gasteiger partial charge in [0.05, 0.1) is 6.10 Å². The van der Waals surface area contributed by atoms with Gasteiger partial charge in [0.25, 0.3) is 0 Å². The monoisotopic (exact) mass is 187 g/mol. The molecule has 2 atom stereocenters. The van der Waals surface area contributed by atoms with Gasteiger partial charge in [-0.05, 0) is 12.3 Å². The molecule has 0 saturated heterocycles. The highest BCUT2D eigenvalue weighted by molar-refractivity contribution is 5.78. The molecule has 78 valence electrons. The summed E-state index contributed by atoms with van der Waals surface area (Å²) >= 11 is 0. The summed E-state index contributed by atoms with van der Waals surface area (Å²) in [7, 11) is 0. The summed E-state index contributed by atoms with van der Waals surface area (Å²) in [5, 5.41) is 12.1. The first-order valence-corrected chi connectivity index (χ1v) is 4.94. The fourth-order valence-electron chi connectivity index (χ4n) is 0.800. The molecule has 0 spiro atoms. The Bertz CT molecular complexity index is 157. The van der Waals surface area contributed by atoms with E-state index in [4.69, 9.17) is 0 Å². The fraction of sp³-hybridized carbons (Fsp3) is 0.900. The van der Waals surface area contributed by atoms with Crippen molar-refractivity contribution >= 4 is 5.91 Å². The summed E-state index contributed by atoms with van der Waals surface area (Å²) in [6.07, 6.45) is 0.400. The number of amides is 1. The first-order valence-electron chi connectivity index (χ1n) is 4.94. The van der Waals surface area contributed by atoms with Crippen molar-refractivity contribution in [2.45, 2.75) is 40.2 Å². The van der Waals surface area contributed by atoms with Crippen molar-refractivity contribution in [2.24, 2.45) is 11.8 Å². The maximum atomic E-state index is 11.3. The highest BCUT2D eigenvalue weighted by atomic mass is 16.3. The van der Waals surface area contributed by atoms with Crippen molar-refractivity contribution in [3.8, 4) is 0 Å². The molecule has 3 heteroatoms. The van der Waals surface area contributed by atoms with E-state index in [1.807, 2.05) is 27.7 Å². The van der Waals surface area contributed by atoms with Crippen molar-refractivity contribution in [3.05, 3.63) is 0 Å². The molecule has 0 aliphatic rings. The maximum absolute atomic E-state index is 11.3. The van der Waals surface area contributed by atoms with Crippen LogP contribution in [-0.4, -0.2) is 23.7 Å². The molecule has 0 aliphatic heterocycles. The van der Waals surface area contributed by atoms with E-state index in [0.717, 1.165) is 6.42 Å². The first-order chi connectivity index (χ1) is 5.99. The normalized spacial score (nSPS) is 15.5.